The molecule has 0 saturated carbocycles. The third-order valence-electron chi connectivity index (χ3n) is 2.80. The predicted octanol–water partition coefficient (Wildman–Crippen LogP) is 5.44. The van der Waals surface area contributed by atoms with Gasteiger partial charge in [-0.3, -0.25) is 0 Å². The molecule has 0 atom stereocenters. The van der Waals surface area contributed by atoms with Crippen molar-refractivity contribution < 1.29 is 9.13 Å². The second kappa shape index (κ2) is 5.93. The van der Waals surface area contributed by atoms with Gasteiger partial charge in [0, 0.05) is 4.47 Å². The van der Waals surface area contributed by atoms with Crippen LogP contribution in [0.3, 0.4) is 0 Å². The fourth-order valence-corrected chi connectivity index (χ4v) is 2.22. The minimum Gasteiger partial charge on any atom is -0.489 e. The van der Waals surface area contributed by atoms with Crippen LogP contribution in [-0.2, 0) is 6.61 Å². The Bertz CT molecular complexity index is 590. The van der Waals surface area contributed by atoms with Gasteiger partial charge >= 0.3 is 0 Å². The fraction of sp³-hybridized carbons (Fsp3) is 0.200. The predicted molar refractivity (Wildman–Crippen MR) is 79.4 cm³/mol. The van der Waals surface area contributed by atoms with Crippen molar-refractivity contribution in [2.75, 3.05) is 0 Å². The van der Waals surface area contributed by atoms with E-state index >= 15 is 0 Å². The first-order chi connectivity index (χ1) is 8.97. The van der Waals surface area contributed by atoms with E-state index in [2.05, 4.69) is 15.9 Å². The first-order valence-corrected chi connectivity index (χ1v) is 6.98. The van der Waals surface area contributed by atoms with Gasteiger partial charge in [-0.05, 0) is 54.8 Å². The maximum absolute atomic E-state index is 13.0. The highest BCUT2D eigenvalue weighted by molar-refractivity contribution is 9.10. The molecule has 0 N–H and O–H groups in total. The van der Waals surface area contributed by atoms with Gasteiger partial charge in [0.25, 0.3) is 0 Å². The third-order valence-corrected chi connectivity index (χ3v) is 4.34. The van der Waals surface area contributed by atoms with Crippen molar-refractivity contribution in [2.45, 2.75) is 20.5 Å². The zero-order valence-electron chi connectivity index (χ0n) is 10.6. The summed E-state index contributed by atoms with van der Waals surface area (Å²) in [6, 6.07) is 8.51. The number of aryl methyl sites for hydroxylation is 2. The van der Waals surface area contributed by atoms with Crippen LogP contribution in [0.4, 0.5) is 4.39 Å². The summed E-state index contributed by atoms with van der Waals surface area (Å²) in [5.41, 5.74) is 3.07. The molecule has 0 aromatic heterocycles. The fourth-order valence-electron chi connectivity index (χ4n) is 1.79. The second-order valence-electron chi connectivity index (χ2n) is 4.41. The molecular weight excluding hydrogens is 331 g/mol. The molecule has 0 amide bonds. The third kappa shape index (κ3) is 3.48. The van der Waals surface area contributed by atoms with Gasteiger partial charge in [-0.15, -0.1) is 0 Å². The highest BCUT2D eigenvalue weighted by Gasteiger charge is 2.05. The van der Waals surface area contributed by atoms with Crippen LogP contribution in [0.2, 0.25) is 5.02 Å². The summed E-state index contributed by atoms with van der Waals surface area (Å²) in [5.74, 6) is 0.374. The molecule has 0 unspecified atom stereocenters. The van der Waals surface area contributed by atoms with Gasteiger partial charge in [0.05, 0.1) is 5.02 Å². The first kappa shape index (κ1) is 14.4. The zero-order chi connectivity index (χ0) is 14.0. The lowest BCUT2D eigenvalue weighted by molar-refractivity contribution is 0.305. The van der Waals surface area contributed by atoms with Crippen LogP contribution in [0.25, 0.3) is 0 Å². The Morgan fingerprint density at radius 2 is 1.79 bits per heavy atom. The number of ether oxygens (including phenoxy) is 1. The molecule has 0 saturated heterocycles. The molecule has 0 bridgehead atoms. The summed E-state index contributed by atoms with van der Waals surface area (Å²) in [4.78, 5) is 0. The van der Waals surface area contributed by atoms with Crippen molar-refractivity contribution in [2.24, 2.45) is 0 Å². The Kier molecular flexibility index (Phi) is 4.48. The summed E-state index contributed by atoms with van der Waals surface area (Å²) in [5, 5.41) is 0.115. The minimum absolute atomic E-state index is 0.115. The summed E-state index contributed by atoms with van der Waals surface area (Å²) < 4.78 is 19.8. The monoisotopic (exact) mass is 342 g/mol. The normalized spacial score (nSPS) is 10.6. The van der Waals surface area contributed by atoms with Gasteiger partial charge in [-0.2, -0.15) is 0 Å². The molecule has 2 aromatic carbocycles. The van der Waals surface area contributed by atoms with Crippen molar-refractivity contribution in [3.05, 3.63) is 62.3 Å². The Morgan fingerprint density at radius 3 is 2.37 bits per heavy atom. The van der Waals surface area contributed by atoms with Gasteiger partial charge in [-0.25, -0.2) is 4.39 Å². The number of hydrogen-bond donors (Lipinski definition) is 0. The molecule has 19 heavy (non-hydrogen) atoms. The van der Waals surface area contributed by atoms with Gasteiger partial charge < -0.3 is 4.74 Å². The van der Waals surface area contributed by atoms with Crippen LogP contribution in [0.15, 0.2) is 34.8 Å². The van der Waals surface area contributed by atoms with Crippen LogP contribution >= 0.6 is 27.5 Å². The lowest BCUT2D eigenvalue weighted by Crippen LogP contribution is -1.97. The number of hydrogen-bond acceptors (Lipinski definition) is 1. The molecule has 0 heterocycles. The Morgan fingerprint density at radius 1 is 1.16 bits per heavy atom. The molecule has 0 aliphatic heterocycles. The van der Waals surface area contributed by atoms with Crippen LogP contribution in [0, 0.1) is 19.7 Å². The van der Waals surface area contributed by atoms with Crippen molar-refractivity contribution in [3.8, 4) is 5.75 Å². The molecule has 2 rings (SSSR count). The van der Waals surface area contributed by atoms with Crippen LogP contribution in [-0.4, -0.2) is 0 Å². The van der Waals surface area contributed by atoms with Crippen molar-refractivity contribution in [1.29, 1.82) is 0 Å². The molecule has 0 aliphatic rings. The highest BCUT2D eigenvalue weighted by Crippen LogP contribution is 2.27. The average molecular weight is 344 g/mol. The molecule has 4 heteroatoms. The van der Waals surface area contributed by atoms with E-state index in [0.717, 1.165) is 26.9 Å². The van der Waals surface area contributed by atoms with E-state index in [4.69, 9.17) is 16.3 Å². The van der Waals surface area contributed by atoms with E-state index in [9.17, 15) is 4.39 Å². The molecule has 0 fully saturated rings. The molecule has 0 radical (unpaired) electrons. The van der Waals surface area contributed by atoms with Crippen molar-refractivity contribution >= 4 is 27.5 Å². The summed E-state index contributed by atoms with van der Waals surface area (Å²) in [6.07, 6.45) is 0. The average Bonchev–Trinajstić information content (AvgIpc) is 2.37. The quantitative estimate of drug-likeness (QED) is 0.721. The molecule has 2 aromatic rings. The lowest BCUT2D eigenvalue weighted by Gasteiger charge is -2.10. The summed E-state index contributed by atoms with van der Waals surface area (Å²) in [7, 11) is 0. The van der Waals surface area contributed by atoms with Crippen LogP contribution in [0.5, 0.6) is 5.75 Å². The summed E-state index contributed by atoms with van der Waals surface area (Å²) >= 11 is 9.24. The van der Waals surface area contributed by atoms with Crippen molar-refractivity contribution in [1.82, 2.24) is 0 Å². The van der Waals surface area contributed by atoms with Gasteiger partial charge in [0.1, 0.15) is 18.2 Å². The Labute approximate surface area is 125 Å². The largest absolute Gasteiger partial charge is 0.489 e. The molecule has 0 aliphatic carbocycles. The van der Waals surface area contributed by atoms with E-state index in [0.29, 0.717) is 6.61 Å². The maximum Gasteiger partial charge on any atom is 0.141 e. The Hall–Kier alpha value is -1.06. The Balaban J connectivity index is 2.12. The van der Waals surface area contributed by atoms with Crippen LogP contribution < -0.4 is 4.74 Å². The van der Waals surface area contributed by atoms with Crippen molar-refractivity contribution in [3.63, 3.8) is 0 Å². The molecule has 0 spiro atoms. The lowest BCUT2D eigenvalue weighted by atomic mass is 10.1. The van der Waals surface area contributed by atoms with E-state index in [-0.39, 0.29) is 5.02 Å². The molecule has 1 nitrogen and oxygen atoms in total. The minimum atomic E-state index is -0.416. The van der Waals surface area contributed by atoms with Gasteiger partial charge in [0.2, 0.25) is 0 Å². The maximum atomic E-state index is 13.0. The molecule has 100 valence electrons. The topological polar surface area (TPSA) is 9.23 Å². The van der Waals surface area contributed by atoms with E-state index in [1.54, 1.807) is 12.1 Å². The summed E-state index contributed by atoms with van der Waals surface area (Å²) in [6.45, 7) is 4.39. The second-order valence-corrected chi connectivity index (χ2v) is 5.61. The van der Waals surface area contributed by atoms with E-state index < -0.39 is 5.82 Å². The zero-order valence-corrected chi connectivity index (χ0v) is 13.0. The van der Waals surface area contributed by atoms with Gasteiger partial charge in [-0.1, -0.05) is 33.6 Å². The first-order valence-electron chi connectivity index (χ1n) is 5.81. The van der Waals surface area contributed by atoms with Gasteiger partial charge in [0.15, 0.2) is 0 Å². The van der Waals surface area contributed by atoms with Crippen LogP contribution in [0.1, 0.15) is 16.7 Å². The molecular formula is C15H13BrClFO. The smallest absolute Gasteiger partial charge is 0.141 e. The highest BCUT2D eigenvalue weighted by atomic mass is 79.9. The number of halogens is 3. The number of rotatable bonds is 3. The van der Waals surface area contributed by atoms with E-state index in [1.165, 1.54) is 6.07 Å². The van der Waals surface area contributed by atoms with E-state index in [1.807, 2.05) is 26.0 Å². The standard InChI is InChI=1S/C15H13BrClFO/c1-9-5-12(6-10(2)15(9)16)19-8-11-3-4-14(18)13(17)7-11/h3-7H,8H2,1-2H3. The number of benzene rings is 2. The SMILES string of the molecule is Cc1cc(OCc2ccc(F)c(Cl)c2)cc(C)c1Br.